The molecule has 2 rings (SSSR count). The molecule has 1 fully saturated rings. The van der Waals surface area contributed by atoms with Crippen molar-refractivity contribution < 1.29 is 0 Å². The average Bonchev–Trinajstić information content (AvgIpc) is 2.35. The van der Waals surface area contributed by atoms with Crippen molar-refractivity contribution in [1.82, 2.24) is 4.98 Å². The molecule has 0 saturated heterocycles. The van der Waals surface area contributed by atoms with Crippen molar-refractivity contribution in [2.75, 3.05) is 5.32 Å². The molecule has 2 heteroatoms. The van der Waals surface area contributed by atoms with Crippen LogP contribution in [0.15, 0.2) is 18.5 Å². The molecule has 1 aliphatic carbocycles. The van der Waals surface area contributed by atoms with Gasteiger partial charge in [0.2, 0.25) is 0 Å². The third-order valence-corrected chi connectivity index (χ3v) is 3.92. The molecular weight excluding hydrogens is 208 g/mol. The maximum Gasteiger partial charge on any atom is 0.0402 e. The lowest BCUT2D eigenvalue weighted by Crippen LogP contribution is -2.26. The largest absolute Gasteiger partial charge is 0.382 e. The van der Waals surface area contributed by atoms with E-state index in [4.69, 9.17) is 0 Å². The summed E-state index contributed by atoms with van der Waals surface area (Å²) in [4.78, 5) is 4.13. The van der Waals surface area contributed by atoms with Crippen LogP contribution in [0.3, 0.4) is 0 Å². The Balaban J connectivity index is 1.84. The molecule has 1 aromatic heterocycles. The SMILES string of the molecule is CCCC1CCC(Nc2ccncc2C)CC1. The van der Waals surface area contributed by atoms with Gasteiger partial charge in [-0.2, -0.15) is 0 Å². The van der Waals surface area contributed by atoms with Crippen molar-refractivity contribution in [1.29, 1.82) is 0 Å². The smallest absolute Gasteiger partial charge is 0.0402 e. The number of rotatable bonds is 4. The zero-order valence-corrected chi connectivity index (χ0v) is 11.1. The Bertz CT molecular complexity index is 341. The number of nitrogens with one attached hydrogen (secondary N) is 1. The minimum Gasteiger partial charge on any atom is -0.382 e. The van der Waals surface area contributed by atoms with E-state index >= 15 is 0 Å². The Morgan fingerprint density at radius 3 is 2.71 bits per heavy atom. The highest BCUT2D eigenvalue weighted by Gasteiger charge is 2.20. The average molecular weight is 232 g/mol. The van der Waals surface area contributed by atoms with Crippen molar-refractivity contribution in [3.8, 4) is 0 Å². The summed E-state index contributed by atoms with van der Waals surface area (Å²) in [5.74, 6) is 0.983. The first-order valence-electron chi connectivity index (χ1n) is 6.96. The molecule has 1 N–H and O–H groups in total. The van der Waals surface area contributed by atoms with Crippen molar-refractivity contribution in [2.24, 2.45) is 5.92 Å². The van der Waals surface area contributed by atoms with Gasteiger partial charge in [-0.25, -0.2) is 0 Å². The molecule has 0 radical (unpaired) electrons. The third kappa shape index (κ3) is 3.45. The molecule has 1 aromatic rings. The van der Waals surface area contributed by atoms with Gasteiger partial charge in [0.1, 0.15) is 0 Å². The summed E-state index contributed by atoms with van der Waals surface area (Å²) in [6, 6.07) is 2.76. The number of hydrogen-bond donors (Lipinski definition) is 1. The quantitative estimate of drug-likeness (QED) is 0.843. The molecule has 1 saturated carbocycles. The van der Waals surface area contributed by atoms with Crippen LogP contribution in [0.25, 0.3) is 0 Å². The Hall–Kier alpha value is -1.05. The molecule has 0 aromatic carbocycles. The second-order valence-corrected chi connectivity index (χ2v) is 5.34. The summed E-state index contributed by atoms with van der Waals surface area (Å²) in [5.41, 5.74) is 2.52. The highest BCUT2D eigenvalue weighted by Crippen LogP contribution is 2.29. The normalized spacial score (nSPS) is 24.6. The Kier molecular flexibility index (Phi) is 4.41. The van der Waals surface area contributed by atoms with Crippen LogP contribution in [0.2, 0.25) is 0 Å². The number of hydrogen-bond acceptors (Lipinski definition) is 2. The summed E-state index contributed by atoms with van der Waals surface area (Å²) in [7, 11) is 0. The molecule has 0 atom stereocenters. The second-order valence-electron chi connectivity index (χ2n) is 5.34. The lowest BCUT2D eigenvalue weighted by Gasteiger charge is -2.30. The van der Waals surface area contributed by atoms with Gasteiger partial charge in [0, 0.05) is 24.1 Å². The molecule has 1 aliphatic rings. The first-order valence-corrected chi connectivity index (χ1v) is 6.96. The number of pyridine rings is 1. The van der Waals surface area contributed by atoms with E-state index in [0.717, 1.165) is 5.92 Å². The maximum atomic E-state index is 4.13. The van der Waals surface area contributed by atoms with E-state index in [1.807, 2.05) is 12.4 Å². The van der Waals surface area contributed by atoms with E-state index in [2.05, 4.69) is 30.2 Å². The fourth-order valence-corrected chi connectivity index (χ4v) is 2.86. The Morgan fingerprint density at radius 2 is 2.06 bits per heavy atom. The molecule has 0 spiro atoms. The highest BCUT2D eigenvalue weighted by molar-refractivity contribution is 5.49. The minimum absolute atomic E-state index is 0.671. The molecule has 0 amide bonds. The Morgan fingerprint density at radius 1 is 1.29 bits per heavy atom. The van der Waals surface area contributed by atoms with Gasteiger partial charge in [-0.3, -0.25) is 4.98 Å². The van der Waals surface area contributed by atoms with Gasteiger partial charge in [0.25, 0.3) is 0 Å². The highest BCUT2D eigenvalue weighted by atomic mass is 14.9. The van der Waals surface area contributed by atoms with Crippen LogP contribution in [0.5, 0.6) is 0 Å². The molecule has 0 aliphatic heterocycles. The summed E-state index contributed by atoms with van der Waals surface area (Å²) >= 11 is 0. The molecule has 2 nitrogen and oxygen atoms in total. The summed E-state index contributed by atoms with van der Waals surface area (Å²) in [6.45, 7) is 4.42. The van der Waals surface area contributed by atoms with Crippen molar-refractivity contribution in [3.05, 3.63) is 24.0 Å². The van der Waals surface area contributed by atoms with Crippen molar-refractivity contribution >= 4 is 5.69 Å². The van der Waals surface area contributed by atoms with Crippen LogP contribution in [-0.4, -0.2) is 11.0 Å². The van der Waals surface area contributed by atoms with Crippen LogP contribution in [0.1, 0.15) is 51.0 Å². The van der Waals surface area contributed by atoms with Crippen LogP contribution >= 0.6 is 0 Å². The van der Waals surface area contributed by atoms with Gasteiger partial charge in [-0.15, -0.1) is 0 Å². The predicted octanol–water partition coefficient (Wildman–Crippen LogP) is 4.16. The lowest BCUT2D eigenvalue weighted by atomic mass is 9.83. The van der Waals surface area contributed by atoms with Crippen molar-refractivity contribution in [3.63, 3.8) is 0 Å². The first-order chi connectivity index (χ1) is 8.29. The lowest BCUT2D eigenvalue weighted by molar-refractivity contribution is 0.319. The monoisotopic (exact) mass is 232 g/mol. The number of nitrogens with zero attached hydrogens (tertiary/aromatic N) is 1. The zero-order chi connectivity index (χ0) is 12.1. The Labute approximate surface area is 105 Å². The third-order valence-electron chi connectivity index (χ3n) is 3.92. The number of anilines is 1. The fraction of sp³-hybridized carbons (Fsp3) is 0.667. The zero-order valence-electron chi connectivity index (χ0n) is 11.1. The van der Waals surface area contributed by atoms with E-state index in [1.54, 1.807) is 0 Å². The fourth-order valence-electron chi connectivity index (χ4n) is 2.86. The molecule has 1 heterocycles. The van der Waals surface area contributed by atoms with E-state index in [9.17, 15) is 0 Å². The molecule has 0 bridgehead atoms. The number of aromatic nitrogens is 1. The first kappa shape index (κ1) is 12.4. The summed E-state index contributed by atoms with van der Waals surface area (Å²) in [6.07, 6.45) is 12.0. The summed E-state index contributed by atoms with van der Waals surface area (Å²) in [5, 5.41) is 3.67. The van der Waals surface area contributed by atoms with Crippen molar-refractivity contribution in [2.45, 2.75) is 58.4 Å². The summed E-state index contributed by atoms with van der Waals surface area (Å²) < 4.78 is 0. The van der Waals surface area contributed by atoms with Gasteiger partial charge in [0.05, 0.1) is 0 Å². The van der Waals surface area contributed by atoms with E-state index in [0.29, 0.717) is 6.04 Å². The van der Waals surface area contributed by atoms with Crippen LogP contribution in [0.4, 0.5) is 5.69 Å². The van der Waals surface area contributed by atoms with Gasteiger partial charge < -0.3 is 5.32 Å². The van der Waals surface area contributed by atoms with Crippen LogP contribution in [0, 0.1) is 12.8 Å². The molecule has 0 unspecified atom stereocenters. The predicted molar refractivity (Wildman–Crippen MR) is 73.3 cm³/mol. The van der Waals surface area contributed by atoms with E-state index < -0.39 is 0 Å². The topological polar surface area (TPSA) is 24.9 Å². The van der Waals surface area contributed by atoms with Gasteiger partial charge >= 0.3 is 0 Å². The van der Waals surface area contributed by atoms with Crippen LogP contribution < -0.4 is 5.32 Å². The molecule has 94 valence electrons. The number of aryl methyl sites for hydroxylation is 1. The minimum atomic E-state index is 0.671. The standard InChI is InChI=1S/C15H24N2/c1-3-4-13-5-7-14(8-6-13)17-15-9-10-16-11-12(15)2/h9-11,13-14H,3-8H2,1-2H3,(H,16,17). The van der Waals surface area contributed by atoms with E-state index in [1.165, 1.54) is 49.8 Å². The van der Waals surface area contributed by atoms with E-state index in [-0.39, 0.29) is 0 Å². The second kappa shape index (κ2) is 6.04. The molecular formula is C15H24N2. The van der Waals surface area contributed by atoms with Gasteiger partial charge in [-0.05, 0) is 50.2 Å². The maximum absolute atomic E-state index is 4.13. The van der Waals surface area contributed by atoms with Gasteiger partial charge in [-0.1, -0.05) is 19.8 Å². The molecule has 17 heavy (non-hydrogen) atoms. The van der Waals surface area contributed by atoms with Gasteiger partial charge in [0.15, 0.2) is 0 Å². The van der Waals surface area contributed by atoms with Crippen LogP contribution in [-0.2, 0) is 0 Å².